The van der Waals surface area contributed by atoms with Gasteiger partial charge in [-0.1, -0.05) is 13.0 Å². The van der Waals surface area contributed by atoms with E-state index in [0.29, 0.717) is 6.42 Å². The summed E-state index contributed by atoms with van der Waals surface area (Å²) < 4.78 is 5.79. The summed E-state index contributed by atoms with van der Waals surface area (Å²) in [6, 6.07) is 13.6. The summed E-state index contributed by atoms with van der Waals surface area (Å²) in [5.41, 5.74) is 0.759. The van der Waals surface area contributed by atoms with Crippen LogP contribution in [0, 0.1) is 0 Å². The van der Waals surface area contributed by atoms with Crippen molar-refractivity contribution in [3.63, 3.8) is 0 Å². The zero-order valence-electron chi connectivity index (χ0n) is 16.1. The quantitative estimate of drug-likeness (QED) is 0.500. The molecule has 1 aliphatic rings. The monoisotopic (exact) mass is 367 g/mol. The Hall–Kier alpha value is -2.40. The van der Waals surface area contributed by atoms with Gasteiger partial charge < -0.3 is 9.64 Å². The number of ether oxygens (including phenoxy) is 1. The molecule has 1 aromatic carbocycles. The summed E-state index contributed by atoms with van der Waals surface area (Å²) in [6.07, 6.45) is 4.57. The lowest BCUT2D eigenvalue weighted by Crippen LogP contribution is -2.46. The van der Waals surface area contributed by atoms with Crippen molar-refractivity contribution in [1.29, 1.82) is 0 Å². The van der Waals surface area contributed by atoms with E-state index in [1.165, 1.54) is 0 Å². The van der Waals surface area contributed by atoms with Gasteiger partial charge in [0.1, 0.15) is 11.6 Å². The smallest absolute Gasteiger partial charge is 0.162 e. The predicted molar refractivity (Wildman–Crippen MR) is 109 cm³/mol. The largest absolute Gasteiger partial charge is 0.494 e. The Morgan fingerprint density at radius 3 is 2.48 bits per heavy atom. The topological polar surface area (TPSA) is 45.7 Å². The van der Waals surface area contributed by atoms with Gasteiger partial charge in [0.15, 0.2) is 5.78 Å². The highest BCUT2D eigenvalue weighted by molar-refractivity contribution is 5.95. The molecule has 2 aromatic rings. The minimum absolute atomic E-state index is 0.171. The van der Waals surface area contributed by atoms with Gasteiger partial charge in [0.05, 0.1) is 6.61 Å². The van der Waals surface area contributed by atoms with Gasteiger partial charge in [0.25, 0.3) is 0 Å². The highest BCUT2D eigenvalue weighted by Gasteiger charge is 2.17. The van der Waals surface area contributed by atoms with E-state index in [2.05, 4.69) is 20.9 Å². The van der Waals surface area contributed by atoms with Gasteiger partial charge in [0.2, 0.25) is 0 Å². The van der Waals surface area contributed by atoms with Crippen molar-refractivity contribution >= 4 is 11.6 Å². The Labute approximate surface area is 162 Å². The number of unbranched alkanes of at least 4 members (excludes halogenated alkanes) is 1. The molecule has 0 saturated carbocycles. The zero-order chi connectivity index (χ0) is 18.9. The highest BCUT2D eigenvalue weighted by atomic mass is 16.5. The molecule has 0 radical (unpaired) electrons. The molecule has 144 valence electrons. The molecule has 0 bridgehead atoms. The number of piperazine rings is 1. The second-order valence-corrected chi connectivity index (χ2v) is 6.87. The van der Waals surface area contributed by atoms with Crippen LogP contribution in [0.4, 0.5) is 5.82 Å². The first-order chi connectivity index (χ1) is 13.3. The van der Waals surface area contributed by atoms with Gasteiger partial charge >= 0.3 is 0 Å². The van der Waals surface area contributed by atoms with Crippen molar-refractivity contribution in [3.05, 3.63) is 54.2 Å². The van der Waals surface area contributed by atoms with Crippen LogP contribution < -0.4 is 9.64 Å². The number of carbonyl (C=O) groups is 1. The third kappa shape index (κ3) is 5.79. The number of hydrogen-bond donors (Lipinski definition) is 0. The summed E-state index contributed by atoms with van der Waals surface area (Å²) in [5, 5.41) is 0. The van der Waals surface area contributed by atoms with E-state index >= 15 is 0 Å². The number of hydrogen-bond acceptors (Lipinski definition) is 5. The molecule has 0 amide bonds. The Balaban J connectivity index is 1.29. The van der Waals surface area contributed by atoms with E-state index in [0.717, 1.165) is 69.3 Å². The van der Waals surface area contributed by atoms with Gasteiger partial charge in [-0.2, -0.15) is 0 Å². The molecular weight excluding hydrogens is 338 g/mol. The minimum atomic E-state index is 0.171. The van der Waals surface area contributed by atoms with Crippen LogP contribution in [0.3, 0.4) is 0 Å². The van der Waals surface area contributed by atoms with Crippen LogP contribution in [-0.2, 0) is 0 Å². The van der Waals surface area contributed by atoms with Crippen LogP contribution in [0.25, 0.3) is 0 Å². The zero-order valence-corrected chi connectivity index (χ0v) is 16.1. The number of Topliss-reactive ketones (excluding diaryl/α,β-unsaturated/α-hetero) is 1. The van der Waals surface area contributed by atoms with Crippen molar-refractivity contribution in [3.8, 4) is 5.75 Å². The maximum atomic E-state index is 11.6. The first kappa shape index (κ1) is 19.4. The predicted octanol–water partition coefficient (Wildman–Crippen LogP) is 3.66. The lowest BCUT2D eigenvalue weighted by Gasteiger charge is -2.35. The summed E-state index contributed by atoms with van der Waals surface area (Å²) in [6.45, 7) is 7.96. The van der Waals surface area contributed by atoms with Crippen molar-refractivity contribution < 1.29 is 9.53 Å². The van der Waals surface area contributed by atoms with Crippen LogP contribution in [0.15, 0.2) is 48.7 Å². The van der Waals surface area contributed by atoms with Gasteiger partial charge in [0, 0.05) is 44.4 Å². The average Bonchev–Trinajstić information content (AvgIpc) is 2.74. The number of rotatable bonds is 9. The maximum absolute atomic E-state index is 11.6. The SMILES string of the molecule is CCC(=O)c1ccc(OCCCCN2CCN(c3ccccn3)CC2)cc1. The summed E-state index contributed by atoms with van der Waals surface area (Å²) in [5.74, 6) is 2.09. The molecule has 27 heavy (non-hydrogen) atoms. The lowest BCUT2D eigenvalue weighted by molar-refractivity contribution is 0.0988. The molecule has 1 aliphatic heterocycles. The number of anilines is 1. The third-order valence-electron chi connectivity index (χ3n) is 4.98. The van der Waals surface area contributed by atoms with Gasteiger partial charge in [-0.05, 0) is 55.8 Å². The molecule has 0 aliphatic carbocycles. The van der Waals surface area contributed by atoms with Crippen LogP contribution in [0.2, 0.25) is 0 Å². The second kappa shape index (κ2) is 10.1. The molecule has 0 atom stereocenters. The molecule has 5 nitrogen and oxygen atoms in total. The molecule has 0 N–H and O–H groups in total. The number of carbonyl (C=O) groups excluding carboxylic acids is 1. The fourth-order valence-corrected chi connectivity index (χ4v) is 3.31. The summed E-state index contributed by atoms with van der Waals surface area (Å²) in [7, 11) is 0. The average molecular weight is 367 g/mol. The number of aromatic nitrogens is 1. The Bertz CT molecular complexity index is 695. The molecule has 3 rings (SSSR count). The molecular formula is C22H29N3O2. The van der Waals surface area contributed by atoms with E-state index < -0.39 is 0 Å². The normalized spacial score (nSPS) is 14.9. The first-order valence-electron chi connectivity index (χ1n) is 9.90. The Morgan fingerprint density at radius 1 is 1.04 bits per heavy atom. The number of benzene rings is 1. The molecule has 1 saturated heterocycles. The van der Waals surface area contributed by atoms with Crippen molar-refractivity contribution in [2.24, 2.45) is 0 Å². The fraction of sp³-hybridized carbons (Fsp3) is 0.455. The van der Waals surface area contributed by atoms with E-state index in [1.807, 2.05) is 49.5 Å². The Kier molecular flexibility index (Phi) is 7.22. The molecule has 0 unspecified atom stereocenters. The molecule has 1 fully saturated rings. The van der Waals surface area contributed by atoms with Crippen LogP contribution in [-0.4, -0.2) is 55.0 Å². The molecule has 2 heterocycles. The van der Waals surface area contributed by atoms with Crippen LogP contribution >= 0.6 is 0 Å². The van der Waals surface area contributed by atoms with Crippen molar-refractivity contribution in [2.45, 2.75) is 26.2 Å². The standard InChI is InChI=1S/C22H29N3O2/c1-2-21(26)19-8-10-20(11-9-19)27-18-6-5-13-24-14-16-25(17-15-24)22-7-3-4-12-23-22/h3-4,7-12H,2,5-6,13-18H2,1H3. The highest BCUT2D eigenvalue weighted by Crippen LogP contribution is 2.15. The minimum Gasteiger partial charge on any atom is -0.494 e. The third-order valence-corrected chi connectivity index (χ3v) is 4.98. The summed E-state index contributed by atoms with van der Waals surface area (Å²) in [4.78, 5) is 20.9. The number of ketones is 1. The molecule has 1 aromatic heterocycles. The van der Waals surface area contributed by atoms with E-state index in [4.69, 9.17) is 4.74 Å². The van der Waals surface area contributed by atoms with Gasteiger partial charge in [-0.3, -0.25) is 9.69 Å². The fourth-order valence-electron chi connectivity index (χ4n) is 3.31. The van der Waals surface area contributed by atoms with Crippen molar-refractivity contribution in [2.75, 3.05) is 44.2 Å². The van der Waals surface area contributed by atoms with Crippen molar-refractivity contribution in [1.82, 2.24) is 9.88 Å². The van der Waals surface area contributed by atoms with Crippen LogP contribution in [0.1, 0.15) is 36.5 Å². The number of nitrogens with zero attached hydrogens (tertiary/aromatic N) is 3. The Morgan fingerprint density at radius 2 is 1.81 bits per heavy atom. The maximum Gasteiger partial charge on any atom is 0.162 e. The lowest BCUT2D eigenvalue weighted by atomic mass is 10.1. The first-order valence-corrected chi connectivity index (χ1v) is 9.90. The van der Waals surface area contributed by atoms with E-state index in [-0.39, 0.29) is 5.78 Å². The van der Waals surface area contributed by atoms with Gasteiger partial charge in [-0.15, -0.1) is 0 Å². The van der Waals surface area contributed by atoms with Crippen LogP contribution in [0.5, 0.6) is 5.75 Å². The van der Waals surface area contributed by atoms with E-state index in [1.54, 1.807) is 0 Å². The van der Waals surface area contributed by atoms with Gasteiger partial charge in [-0.25, -0.2) is 4.98 Å². The second-order valence-electron chi connectivity index (χ2n) is 6.87. The molecule has 5 heteroatoms. The molecule has 0 spiro atoms. The summed E-state index contributed by atoms with van der Waals surface area (Å²) >= 11 is 0. The van der Waals surface area contributed by atoms with E-state index in [9.17, 15) is 4.79 Å². The number of pyridine rings is 1.